The molecule has 1 fully saturated rings. The van der Waals surface area contributed by atoms with Gasteiger partial charge in [0.2, 0.25) is 0 Å². The third-order valence-corrected chi connectivity index (χ3v) is 2.87. The summed E-state index contributed by atoms with van der Waals surface area (Å²) < 4.78 is 18.4. The molecule has 0 amide bonds. The minimum Gasteiger partial charge on any atom is -0.491 e. The summed E-state index contributed by atoms with van der Waals surface area (Å²) in [6, 6.07) is 3.75. The Kier molecular flexibility index (Phi) is 3.81. The predicted molar refractivity (Wildman–Crippen MR) is 64.2 cm³/mol. The number of benzene rings is 1. The van der Waals surface area contributed by atoms with E-state index < -0.39 is 17.8 Å². The van der Waals surface area contributed by atoms with Crippen molar-refractivity contribution in [3.63, 3.8) is 0 Å². The first kappa shape index (κ1) is 12.8. The first-order valence-electron chi connectivity index (χ1n) is 5.94. The van der Waals surface area contributed by atoms with Gasteiger partial charge in [0.05, 0.1) is 0 Å². The Labute approximate surface area is 105 Å². The molecular weight excluding hydrogens is 237 g/mol. The van der Waals surface area contributed by atoms with Crippen LogP contribution in [0, 0.1) is 12.7 Å². The van der Waals surface area contributed by atoms with Gasteiger partial charge in [-0.15, -0.1) is 0 Å². The van der Waals surface area contributed by atoms with Crippen molar-refractivity contribution in [1.82, 2.24) is 5.32 Å². The lowest BCUT2D eigenvalue weighted by atomic mass is 10.2. The van der Waals surface area contributed by atoms with Gasteiger partial charge in [-0.2, -0.15) is 0 Å². The maximum Gasteiger partial charge on any atom is 0.324 e. The summed E-state index contributed by atoms with van der Waals surface area (Å²) in [4.78, 5) is 11.0. The van der Waals surface area contributed by atoms with Gasteiger partial charge in [-0.1, -0.05) is 6.07 Å². The van der Waals surface area contributed by atoms with E-state index in [0.29, 0.717) is 5.75 Å². The van der Waals surface area contributed by atoms with E-state index in [1.54, 1.807) is 13.0 Å². The Morgan fingerprint density at radius 1 is 1.61 bits per heavy atom. The van der Waals surface area contributed by atoms with E-state index >= 15 is 0 Å². The van der Waals surface area contributed by atoms with Crippen LogP contribution in [-0.2, 0) is 4.79 Å². The first-order chi connectivity index (χ1) is 8.56. The molecule has 5 heteroatoms. The lowest BCUT2D eigenvalue weighted by molar-refractivity contribution is -0.140. The summed E-state index contributed by atoms with van der Waals surface area (Å²) in [5.41, 5.74) is 0.784. The molecule has 1 aliphatic rings. The zero-order chi connectivity index (χ0) is 13.1. The molecule has 18 heavy (non-hydrogen) atoms. The van der Waals surface area contributed by atoms with E-state index in [-0.39, 0.29) is 12.6 Å². The monoisotopic (exact) mass is 253 g/mol. The van der Waals surface area contributed by atoms with Crippen LogP contribution >= 0.6 is 0 Å². The average Bonchev–Trinajstić information content (AvgIpc) is 3.12. The van der Waals surface area contributed by atoms with E-state index in [0.717, 1.165) is 18.4 Å². The fourth-order valence-corrected chi connectivity index (χ4v) is 1.63. The standard InChI is InChI=1S/C13H16FNO3/c1-8-2-3-9(14)6-12(8)18-7-11(13(16)17)15-10-4-5-10/h2-3,6,10-11,15H,4-5,7H2,1H3,(H,16,17). The van der Waals surface area contributed by atoms with Crippen LogP contribution in [0.5, 0.6) is 5.75 Å². The number of ether oxygens (including phenoxy) is 1. The van der Waals surface area contributed by atoms with Crippen LogP contribution in [0.1, 0.15) is 18.4 Å². The number of carbonyl (C=O) groups is 1. The van der Waals surface area contributed by atoms with Crippen LogP contribution in [0.3, 0.4) is 0 Å². The van der Waals surface area contributed by atoms with Gasteiger partial charge in [0, 0.05) is 12.1 Å². The van der Waals surface area contributed by atoms with Crippen molar-refractivity contribution >= 4 is 5.97 Å². The number of halogens is 1. The highest BCUT2D eigenvalue weighted by atomic mass is 19.1. The third-order valence-electron chi connectivity index (χ3n) is 2.87. The molecule has 2 rings (SSSR count). The van der Waals surface area contributed by atoms with Gasteiger partial charge in [0.25, 0.3) is 0 Å². The summed E-state index contributed by atoms with van der Waals surface area (Å²) in [7, 11) is 0. The van der Waals surface area contributed by atoms with E-state index in [1.165, 1.54) is 12.1 Å². The summed E-state index contributed by atoms with van der Waals surface area (Å²) >= 11 is 0. The number of aryl methyl sites for hydroxylation is 1. The van der Waals surface area contributed by atoms with Gasteiger partial charge in [-0.3, -0.25) is 10.1 Å². The van der Waals surface area contributed by atoms with Crippen LogP contribution in [0.4, 0.5) is 4.39 Å². The maximum absolute atomic E-state index is 13.0. The SMILES string of the molecule is Cc1ccc(F)cc1OCC(NC1CC1)C(=O)O. The maximum atomic E-state index is 13.0. The third kappa shape index (κ3) is 3.43. The Morgan fingerprint density at radius 3 is 2.94 bits per heavy atom. The lowest BCUT2D eigenvalue weighted by Crippen LogP contribution is -2.42. The Bertz CT molecular complexity index is 446. The van der Waals surface area contributed by atoms with Crippen molar-refractivity contribution in [3.8, 4) is 5.75 Å². The Hall–Kier alpha value is -1.62. The number of aliphatic carboxylic acids is 1. The summed E-state index contributed by atoms with van der Waals surface area (Å²) in [6.45, 7) is 1.79. The molecule has 4 nitrogen and oxygen atoms in total. The molecule has 0 radical (unpaired) electrons. The van der Waals surface area contributed by atoms with Crippen molar-refractivity contribution in [2.75, 3.05) is 6.61 Å². The molecule has 1 aromatic carbocycles. The van der Waals surface area contributed by atoms with Crippen molar-refractivity contribution in [3.05, 3.63) is 29.6 Å². The minimum absolute atomic E-state index is 0.00384. The second-order valence-corrected chi connectivity index (χ2v) is 4.55. The van der Waals surface area contributed by atoms with Crippen LogP contribution in [0.2, 0.25) is 0 Å². The van der Waals surface area contributed by atoms with Crippen molar-refractivity contribution in [2.45, 2.75) is 31.8 Å². The molecular formula is C13H16FNO3. The van der Waals surface area contributed by atoms with Crippen molar-refractivity contribution in [1.29, 1.82) is 0 Å². The quantitative estimate of drug-likeness (QED) is 0.810. The predicted octanol–water partition coefficient (Wildman–Crippen LogP) is 1.72. The molecule has 0 saturated heterocycles. The van der Waals surface area contributed by atoms with E-state index in [2.05, 4.69) is 5.32 Å². The van der Waals surface area contributed by atoms with Crippen LogP contribution in [0.15, 0.2) is 18.2 Å². The van der Waals surface area contributed by atoms with Gasteiger partial charge >= 0.3 is 5.97 Å². The smallest absolute Gasteiger partial charge is 0.324 e. The second-order valence-electron chi connectivity index (χ2n) is 4.55. The molecule has 0 bridgehead atoms. The molecule has 0 heterocycles. The van der Waals surface area contributed by atoms with Gasteiger partial charge in [0.15, 0.2) is 0 Å². The largest absolute Gasteiger partial charge is 0.491 e. The van der Waals surface area contributed by atoms with E-state index in [4.69, 9.17) is 9.84 Å². The van der Waals surface area contributed by atoms with Gasteiger partial charge < -0.3 is 9.84 Å². The highest BCUT2D eigenvalue weighted by Crippen LogP contribution is 2.21. The van der Waals surface area contributed by atoms with E-state index in [9.17, 15) is 9.18 Å². The fraction of sp³-hybridized carbons (Fsp3) is 0.462. The van der Waals surface area contributed by atoms with Crippen molar-refractivity contribution < 1.29 is 19.0 Å². The molecule has 1 aromatic rings. The number of carboxylic acid groups (broad SMARTS) is 1. The summed E-state index contributed by atoms with van der Waals surface area (Å²) in [5.74, 6) is -0.951. The highest BCUT2D eigenvalue weighted by molar-refractivity contribution is 5.73. The second kappa shape index (κ2) is 5.35. The van der Waals surface area contributed by atoms with Gasteiger partial charge in [0.1, 0.15) is 24.2 Å². The molecule has 1 atom stereocenters. The minimum atomic E-state index is -0.948. The summed E-state index contributed by atoms with van der Waals surface area (Å²) in [5, 5.41) is 12.0. The topological polar surface area (TPSA) is 58.6 Å². The zero-order valence-electron chi connectivity index (χ0n) is 10.1. The lowest BCUT2D eigenvalue weighted by Gasteiger charge is -2.16. The number of nitrogens with one attached hydrogen (secondary N) is 1. The van der Waals surface area contributed by atoms with Gasteiger partial charge in [-0.05, 0) is 31.4 Å². The number of hydrogen-bond donors (Lipinski definition) is 2. The number of rotatable bonds is 6. The fourth-order valence-electron chi connectivity index (χ4n) is 1.63. The molecule has 98 valence electrons. The van der Waals surface area contributed by atoms with Crippen molar-refractivity contribution in [2.24, 2.45) is 0 Å². The molecule has 0 spiro atoms. The van der Waals surface area contributed by atoms with Crippen LogP contribution in [-0.4, -0.2) is 29.8 Å². The molecule has 1 saturated carbocycles. The molecule has 0 aliphatic heterocycles. The highest BCUT2D eigenvalue weighted by Gasteiger charge is 2.28. The van der Waals surface area contributed by atoms with Crippen LogP contribution in [0.25, 0.3) is 0 Å². The molecule has 1 aliphatic carbocycles. The first-order valence-corrected chi connectivity index (χ1v) is 5.94. The van der Waals surface area contributed by atoms with Gasteiger partial charge in [-0.25, -0.2) is 4.39 Å². The Morgan fingerprint density at radius 2 is 2.33 bits per heavy atom. The average molecular weight is 253 g/mol. The zero-order valence-corrected chi connectivity index (χ0v) is 10.1. The molecule has 0 aromatic heterocycles. The molecule has 2 N–H and O–H groups in total. The normalized spacial score (nSPS) is 16.3. The molecule has 1 unspecified atom stereocenters. The van der Waals surface area contributed by atoms with Crippen LogP contribution < -0.4 is 10.1 Å². The Balaban J connectivity index is 1.95. The number of carboxylic acids is 1. The van der Waals surface area contributed by atoms with E-state index in [1.807, 2.05) is 0 Å². The summed E-state index contributed by atoms with van der Waals surface area (Å²) in [6.07, 6.45) is 2.01. The number of hydrogen-bond acceptors (Lipinski definition) is 3.